The Morgan fingerprint density at radius 2 is 1.68 bits per heavy atom. The molecule has 5 atom stereocenters. The van der Waals surface area contributed by atoms with Crippen molar-refractivity contribution in [2.45, 2.75) is 98.2 Å². The van der Waals surface area contributed by atoms with Gasteiger partial charge in [0.05, 0.1) is 13.2 Å². The molecular formula is C35H46O3. The summed E-state index contributed by atoms with van der Waals surface area (Å²) in [6.07, 6.45) is 11.4. The van der Waals surface area contributed by atoms with Gasteiger partial charge in [0.25, 0.3) is 0 Å². The van der Waals surface area contributed by atoms with Gasteiger partial charge in [-0.2, -0.15) is 0 Å². The van der Waals surface area contributed by atoms with E-state index in [2.05, 4.69) is 69.9 Å². The summed E-state index contributed by atoms with van der Waals surface area (Å²) in [5.74, 6) is 7.67. The molecule has 5 aliphatic rings. The standard InChI is InChI=1S/C33H40O3.C2H6/c1-22-7-14-29-27-13-12-25-18-33(35-20-31(2,3)21-36-33)16-15-26(25)30(27)28(19-32(22,29)4)24-10-8-23(9-11-24)6-5-17-34;1-2/h8-11,17-18,22,27-29H,7,12-16,19-21H2,1-4H3;1-2H3. The molecule has 1 aromatic carbocycles. The number of carbonyl (C=O) groups excluding carboxylic acids is 1. The van der Waals surface area contributed by atoms with Crippen LogP contribution in [-0.4, -0.2) is 25.3 Å². The van der Waals surface area contributed by atoms with Crippen LogP contribution in [0.4, 0.5) is 0 Å². The normalized spacial score (nSPS) is 34.4. The molecule has 4 aliphatic carbocycles. The van der Waals surface area contributed by atoms with Gasteiger partial charge in [0.2, 0.25) is 0 Å². The minimum absolute atomic E-state index is 0.0838. The second kappa shape index (κ2) is 10.4. The van der Waals surface area contributed by atoms with Crippen molar-refractivity contribution in [1.82, 2.24) is 0 Å². The lowest BCUT2D eigenvalue weighted by Gasteiger charge is -2.53. The summed E-state index contributed by atoms with van der Waals surface area (Å²) in [7, 11) is 0. The first kappa shape index (κ1) is 27.4. The van der Waals surface area contributed by atoms with Crippen LogP contribution >= 0.6 is 0 Å². The highest BCUT2D eigenvalue weighted by Gasteiger charge is 2.55. The fourth-order valence-electron chi connectivity index (χ4n) is 8.19. The van der Waals surface area contributed by atoms with Gasteiger partial charge in [0.1, 0.15) is 0 Å². The van der Waals surface area contributed by atoms with E-state index in [1.165, 1.54) is 36.8 Å². The maximum absolute atomic E-state index is 10.7. The van der Waals surface area contributed by atoms with Crippen LogP contribution in [0.1, 0.15) is 104 Å². The Labute approximate surface area is 230 Å². The Bertz CT molecular complexity index is 1160. The maximum atomic E-state index is 10.7. The minimum atomic E-state index is -0.527. The lowest BCUT2D eigenvalue weighted by atomic mass is 9.52. The summed E-state index contributed by atoms with van der Waals surface area (Å²) in [5.41, 5.74) is 7.63. The van der Waals surface area contributed by atoms with Crippen LogP contribution < -0.4 is 0 Å². The highest BCUT2D eigenvalue weighted by atomic mass is 16.7. The van der Waals surface area contributed by atoms with Gasteiger partial charge in [-0.3, -0.25) is 4.79 Å². The lowest BCUT2D eigenvalue weighted by Crippen LogP contribution is -2.48. The number of fused-ring (bicyclic) bond motifs is 4. The van der Waals surface area contributed by atoms with Gasteiger partial charge < -0.3 is 9.47 Å². The van der Waals surface area contributed by atoms with E-state index in [9.17, 15) is 4.79 Å². The van der Waals surface area contributed by atoms with Crippen LogP contribution in [0.15, 0.2) is 47.1 Å². The van der Waals surface area contributed by atoms with Crippen LogP contribution in [0, 0.1) is 40.4 Å². The minimum Gasteiger partial charge on any atom is -0.346 e. The quantitative estimate of drug-likeness (QED) is 0.281. The first-order chi connectivity index (χ1) is 18.2. The number of hydrogen-bond donors (Lipinski definition) is 0. The average molecular weight is 515 g/mol. The number of allylic oxidation sites excluding steroid dienone is 3. The number of hydrogen-bond acceptors (Lipinski definition) is 3. The molecule has 2 saturated carbocycles. The van der Waals surface area contributed by atoms with Crippen molar-refractivity contribution in [2.75, 3.05) is 13.2 Å². The maximum Gasteiger partial charge on any atom is 0.193 e. The lowest BCUT2D eigenvalue weighted by molar-refractivity contribution is -0.275. The molecule has 1 spiro atoms. The number of aldehydes is 1. The molecule has 0 radical (unpaired) electrons. The molecule has 3 fully saturated rings. The fourth-order valence-corrected chi connectivity index (χ4v) is 8.19. The Hall–Kier alpha value is -2.15. The van der Waals surface area contributed by atoms with E-state index in [-0.39, 0.29) is 5.41 Å². The molecule has 1 heterocycles. The van der Waals surface area contributed by atoms with Gasteiger partial charge >= 0.3 is 0 Å². The molecule has 0 aromatic heterocycles. The highest BCUT2D eigenvalue weighted by molar-refractivity contribution is 5.74. The van der Waals surface area contributed by atoms with Gasteiger partial charge in [-0.25, -0.2) is 0 Å². The van der Waals surface area contributed by atoms with Crippen molar-refractivity contribution in [2.24, 2.45) is 28.6 Å². The molecule has 1 aliphatic heterocycles. The Morgan fingerprint density at radius 1 is 0.974 bits per heavy atom. The Morgan fingerprint density at radius 3 is 2.37 bits per heavy atom. The van der Waals surface area contributed by atoms with Crippen molar-refractivity contribution in [3.8, 4) is 11.8 Å². The number of carbonyl (C=O) groups is 1. The molecule has 3 heteroatoms. The van der Waals surface area contributed by atoms with Crippen molar-refractivity contribution in [3.05, 3.63) is 58.2 Å². The monoisotopic (exact) mass is 514 g/mol. The summed E-state index contributed by atoms with van der Waals surface area (Å²) < 4.78 is 12.8. The summed E-state index contributed by atoms with van der Waals surface area (Å²) in [6, 6.07) is 8.73. The SMILES string of the molecule is CC.CC1CCC2C3CCC4=CC5(CCC4=C3C(c3ccc(C#CC=O)cc3)CC12C)OCC(C)(C)CO5. The third-order valence-electron chi connectivity index (χ3n) is 10.4. The van der Waals surface area contributed by atoms with E-state index >= 15 is 0 Å². The van der Waals surface area contributed by atoms with Crippen LogP contribution in [0.2, 0.25) is 0 Å². The zero-order valence-corrected chi connectivity index (χ0v) is 24.4. The topological polar surface area (TPSA) is 35.5 Å². The van der Waals surface area contributed by atoms with Crippen molar-refractivity contribution >= 4 is 6.29 Å². The second-order valence-electron chi connectivity index (χ2n) is 13.2. The first-order valence-corrected chi connectivity index (χ1v) is 15.0. The van der Waals surface area contributed by atoms with E-state index in [0.29, 0.717) is 23.5 Å². The van der Waals surface area contributed by atoms with Crippen molar-refractivity contribution < 1.29 is 14.3 Å². The number of ether oxygens (including phenoxy) is 2. The summed E-state index contributed by atoms with van der Waals surface area (Å²) in [4.78, 5) is 10.7. The fraction of sp³-hybridized carbons (Fsp3) is 0.629. The third kappa shape index (κ3) is 4.73. The second-order valence-corrected chi connectivity index (χ2v) is 13.2. The van der Waals surface area contributed by atoms with Gasteiger partial charge in [-0.15, -0.1) is 0 Å². The average Bonchev–Trinajstić information content (AvgIpc) is 3.24. The molecule has 5 unspecified atom stereocenters. The van der Waals surface area contributed by atoms with Crippen LogP contribution in [0.25, 0.3) is 0 Å². The molecule has 1 aromatic rings. The molecule has 204 valence electrons. The number of rotatable bonds is 1. The zero-order valence-electron chi connectivity index (χ0n) is 24.4. The molecule has 1 saturated heterocycles. The van der Waals surface area contributed by atoms with Gasteiger partial charge in [-0.1, -0.05) is 65.2 Å². The van der Waals surface area contributed by atoms with Gasteiger partial charge in [-0.05, 0) is 103 Å². The summed E-state index contributed by atoms with van der Waals surface area (Å²) in [5, 5.41) is 0. The van der Waals surface area contributed by atoms with E-state index in [1.54, 1.807) is 11.1 Å². The van der Waals surface area contributed by atoms with Gasteiger partial charge in [0, 0.05) is 23.3 Å². The molecule has 0 N–H and O–H groups in total. The largest absolute Gasteiger partial charge is 0.346 e. The Balaban J connectivity index is 0.00000144. The molecule has 0 bridgehead atoms. The molecule has 38 heavy (non-hydrogen) atoms. The van der Waals surface area contributed by atoms with Crippen LogP contribution in [0.5, 0.6) is 0 Å². The van der Waals surface area contributed by atoms with Crippen LogP contribution in [0.3, 0.4) is 0 Å². The highest BCUT2D eigenvalue weighted by Crippen LogP contribution is 2.65. The molecule has 0 amide bonds. The first-order valence-electron chi connectivity index (χ1n) is 15.0. The predicted octanol–water partition coefficient (Wildman–Crippen LogP) is 8.00. The van der Waals surface area contributed by atoms with E-state index in [0.717, 1.165) is 49.9 Å². The predicted molar refractivity (Wildman–Crippen MR) is 154 cm³/mol. The molecule has 6 rings (SSSR count). The zero-order chi connectivity index (χ0) is 27.1. The van der Waals surface area contributed by atoms with E-state index < -0.39 is 5.79 Å². The summed E-state index contributed by atoms with van der Waals surface area (Å²) in [6.45, 7) is 15.0. The summed E-state index contributed by atoms with van der Waals surface area (Å²) >= 11 is 0. The van der Waals surface area contributed by atoms with Crippen molar-refractivity contribution in [1.29, 1.82) is 0 Å². The van der Waals surface area contributed by atoms with Crippen molar-refractivity contribution in [3.63, 3.8) is 0 Å². The molecule has 3 nitrogen and oxygen atoms in total. The number of benzene rings is 1. The smallest absolute Gasteiger partial charge is 0.193 e. The molecular weight excluding hydrogens is 468 g/mol. The Kier molecular flexibility index (Phi) is 7.53. The van der Waals surface area contributed by atoms with Gasteiger partial charge in [0.15, 0.2) is 12.1 Å². The van der Waals surface area contributed by atoms with E-state index in [4.69, 9.17) is 9.47 Å². The van der Waals surface area contributed by atoms with E-state index in [1.807, 2.05) is 13.8 Å². The van der Waals surface area contributed by atoms with Crippen LogP contribution in [-0.2, 0) is 14.3 Å². The third-order valence-corrected chi connectivity index (χ3v) is 10.4.